The molecule has 0 saturated carbocycles. The second kappa shape index (κ2) is 15.2. The van der Waals surface area contributed by atoms with Crippen LogP contribution in [0.15, 0.2) is 206 Å². The predicted octanol–water partition coefficient (Wildman–Crippen LogP) is 13.8. The van der Waals surface area contributed by atoms with E-state index in [2.05, 4.69) is 249 Å². The molecule has 0 radical (unpaired) electrons. The van der Waals surface area contributed by atoms with Gasteiger partial charge in [-0.2, -0.15) is 0 Å². The van der Waals surface area contributed by atoms with Crippen LogP contribution in [-0.2, 0) is 0 Å². The zero-order valence-corrected chi connectivity index (χ0v) is 35.5. The molecule has 9 aromatic rings. The number of benzene rings is 9. The monoisotopic (exact) mass is 795 g/mol. The van der Waals surface area contributed by atoms with Gasteiger partial charge < -0.3 is 14.7 Å². The molecule has 11 rings (SSSR count). The van der Waals surface area contributed by atoms with Crippen molar-refractivity contribution in [3.05, 3.63) is 229 Å². The second-order valence-electron chi connectivity index (χ2n) is 17.0. The van der Waals surface area contributed by atoms with Crippen molar-refractivity contribution in [3.63, 3.8) is 0 Å². The summed E-state index contributed by atoms with van der Waals surface area (Å²) in [6, 6.07) is 76.4. The summed E-state index contributed by atoms with van der Waals surface area (Å²) in [6.45, 7) is 8.80. The van der Waals surface area contributed by atoms with Crippen LogP contribution >= 0.6 is 0 Å². The first-order valence-corrected chi connectivity index (χ1v) is 21.6. The molecule has 0 unspecified atom stereocenters. The minimum absolute atomic E-state index is 0.0264. The van der Waals surface area contributed by atoms with Crippen LogP contribution in [0.4, 0.5) is 51.2 Å². The Hall–Kier alpha value is -7.56. The molecule has 296 valence electrons. The number of rotatable bonds is 7. The van der Waals surface area contributed by atoms with Gasteiger partial charge in [0, 0.05) is 45.5 Å². The second-order valence-corrected chi connectivity index (χ2v) is 17.0. The SMILES string of the molecule is Cc1ccc(N2c3ccc(C)cc3B3c4cc(C)ccc4N(c4ccc(C)cc4)c4cc(N(c5cccc(-c6ccccc6)c5)c5cccc(-c6ccccc6)c5)cc2c43)cc1. The van der Waals surface area contributed by atoms with Crippen molar-refractivity contribution in [3.8, 4) is 22.3 Å². The van der Waals surface area contributed by atoms with Crippen LogP contribution < -0.4 is 31.1 Å². The lowest BCUT2D eigenvalue weighted by Crippen LogP contribution is -2.61. The Labute approximate surface area is 365 Å². The van der Waals surface area contributed by atoms with Gasteiger partial charge in [0.1, 0.15) is 0 Å². The van der Waals surface area contributed by atoms with Crippen molar-refractivity contribution in [1.82, 2.24) is 0 Å². The standard InChI is InChI=1S/C58H46BN3/c1-39-21-27-47(28-22-39)61-54-31-25-41(3)33-52(54)59-53-34-42(4)26-32-55(53)62(48-29-23-40(2)24-30-48)57-38-51(37-56(61)58(57)59)60(49-19-11-17-45(35-49)43-13-7-5-8-14-43)50-20-12-18-46(36-50)44-15-9-6-10-16-44/h5-38H,1-4H3. The van der Waals surface area contributed by atoms with Crippen LogP contribution in [0.5, 0.6) is 0 Å². The molecule has 62 heavy (non-hydrogen) atoms. The molecule has 2 heterocycles. The molecule has 0 bridgehead atoms. The summed E-state index contributed by atoms with van der Waals surface area (Å²) in [5.74, 6) is 0. The molecule has 0 atom stereocenters. The molecule has 0 N–H and O–H groups in total. The smallest absolute Gasteiger partial charge is 0.252 e. The summed E-state index contributed by atoms with van der Waals surface area (Å²) in [5, 5.41) is 0. The number of hydrogen-bond acceptors (Lipinski definition) is 3. The average Bonchev–Trinajstić information content (AvgIpc) is 3.31. The van der Waals surface area contributed by atoms with Crippen molar-refractivity contribution in [1.29, 1.82) is 0 Å². The van der Waals surface area contributed by atoms with Crippen LogP contribution in [0, 0.1) is 27.7 Å². The van der Waals surface area contributed by atoms with Gasteiger partial charge in [-0.15, -0.1) is 0 Å². The Morgan fingerprint density at radius 1 is 0.323 bits per heavy atom. The van der Waals surface area contributed by atoms with Gasteiger partial charge in [-0.3, -0.25) is 0 Å². The maximum atomic E-state index is 2.51. The van der Waals surface area contributed by atoms with Gasteiger partial charge >= 0.3 is 0 Å². The highest BCUT2D eigenvalue weighted by Crippen LogP contribution is 2.48. The molecule has 0 aromatic heterocycles. The Bertz CT molecular complexity index is 2910. The molecule has 2 aliphatic rings. The minimum atomic E-state index is 0.0264. The first-order chi connectivity index (χ1) is 30.4. The first kappa shape index (κ1) is 37.4. The van der Waals surface area contributed by atoms with E-state index in [-0.39, 0.29) is 6.71 Å². The summed E-state index contributed by atoms with van der Waals surface area (Å²) in [4.78, 5) is 7.49. The largest absolute Gasteiger partial charge is 0.311 e. The predicted molar refractivity (Wildman–Crippen MR) is 265 cm³/mol. The van der Waals surface area contributed by atoms with E-state index in [1.54, 1.807) is 0 Å². The Balaban J connectivity index is 1.24. The Kier molecular flexibility index (Phi) is 9.16. The molecule has 0 spiro atoms. The molecule has 4 heteroatoms. The van der Waals surface area contributed by atoms with Gasteiger partial charge in [0.15, 0.2) is 0 Å². The van der Waals surface area contributed by atoms with E-state index >= 15 is 0 Å². The van der Waals surface area contributed by atoms with Crippen LogP contribution in [-0.4, -0.2) is 6.71 Å². The molecule has 0 aliphatic carbocycles. The van der Waals surface area contributed by atoms with Crippen LogP contribution in [0.25, 0.3) is 22.3 Å². The van der Waals surface area contributed by atoms with E-state index in [0.29, 0.717) is 0 Å². The Morgan fingerprint density at radius 3 is 1.16 bits per heavy atom. The van der Waals surface area contributed by atoms with Crippen molar-refractivity contribution >= 4 is 74.3 Å². The van der Waals surface area contributed by atoms with Gasteiger partial charge in [0.2, 0.25) is 0 Å². The zero-order chi connectivity index (χ0) is 41.9. The number of hydrogen-bond donors (Lipinski definition) is 0. The van der Waals surface area contributed by atoms with E-state index in [0.717, 1.165) is 28.4 Å². The molecule has 0 amide bonds. The van der Waals surface area contributed by atoms with Crippen molar-refractivity contribution in [2.45, 2.75) is 27.7 Å². The van der Waals surface area contributed by atoms with E-state index < -0.39 is 0 Å². The van der Waals surface area contributed by atoms with Crippen LogP contribution in [0.1, 0.15) is 22.3 Å². The molecule has 2 aliphatic heterocycles. The number of aryl methyl sites for hydroxylation is 4. The van der Waals surface area contributed by atoms with Crippen LogP contribution in [0.3, 0.4) is 0 Å². The first-order valence-electron chi connectivity index (χ1n) is 21.6. The van der Waals surface area contributed by atoms with Gasteiger partial charge in [0.25, 0.3) is 6.71 Å². The lowest BCUT2D eigenvalue weighted by molar-refractivity contribution is 1.22. The quantitative estimate of drug-likeness (QED) is 0.149. The van der Waals surface area contributed by atoms with E-state index in [1.807, 2.05) is 0 Å². The van der Waals surface area contributed by atoms with E-state index in [9.17, 15) is 0 Å². The van der Waals surface area contributed by atoms with Crippen molar-refractivity contribution < 1.29 is 0 Å². The lowest BCUT2D eigenvalue weighted by Gasteiger charge is -2.45. The molecular weight excluding hydrogens is 749 g/mol. The molecular formula is C58H46BN3. The van der Waals surface area contributed by atoms with E-state index in [4.69, 9.17) is 0 Å². The van der Waals surface area contributed by atoms with Gasteiger partial charge in [-0.25, -0.2) is 0 Å². The summed E-state index contributed by atoms with van der Waals surface area (Å²) in [7, 11) is 0. The average molecular weight is 796 g/mol. The molecule has 3 nitrogen and oxygen atoms in total. The summed E-state index contributed by atoms with van der Waals surface area (Å²) in [6.07, 6.45) is 0. The fraction of sp³-hybridized carbons (Fsp3) is 0.0690. The molecule has 0 saturated heterocycles. The summed E-state index contributed by atoms with van der Waals surface area (Å²) < 4.78 is 0. The fourth-order valence-corrected chi connectivity index (χ4v) is 9.66. The molecule has 0 fully saturated rings. The van der Waals surface area contributed by atoms with Crippen molar-refractivity contribution in [2.75, 3.05) is 14.7 Å². The number of anilines is 9. The highest BCUT2D eigenvalue weighted by atomic mass is 15.2. The van der Waals surface area contributed by atoms with Crippen molar-refractivity contribution in [2.24, 2.45) is 0 Å². The normalized spacial score (nSPS) is 12.4. The van der Waals surface area contributed by atoms with E-state index in [1.165, 1.54) is 83.6 Å². The molecule has 9 aromatic carbocycles. The lowest BCUT2D eigenvalue weighted by atomic mass is 9.33. The fourth-order valence-electron chi connectivity index (χ4n) is 9.66. The highest BCUT2D eigenvalue weighted by Gasteiger charge is 2.44. The summed E-state index contributed by atoms with van der Waals surface area (Å²) >= 11 is 0. The zero-order valence-electron chi connectivity index (χ0n) is 35.5. The number of nitrogens with zero attached hydrogens (tertiary/aromatic N) is 3. The third kappa shape index (κ3) is 6.47. The summed E-state index contributed by atoms with van der Waals surface area (Å²) in [5.41, 5.74) is 23.9. The maximum Gasteiger partial charge on any atom is 0.252 e. The minimum Gasteiger partial charge on any atom is -0.311 e. The van der Waals surface area contributed by atoms with Gasteiger partial charge in [-0.05, 0) is 139 Å². The van der Waals surface area contributed by atoms with Crippen LogP contribution in [0.2, 0.25) is 0 Å². The van der Waals surface area contributed by atoms with Gasteiger partial charge in [-0.1, -0.05) is 156 Å². The van der Waals surface area contributed by atoms with Gasteiger partial charge in [0.05, 0.1) is 5.69 Å². The third-order valence-corrected chi connectivity index (χ3v) is 12.6. The number of fused-ring (bicyclic) bond motifs is 4. The highest BCUT2D eigenvalue weighted by molar-refractivity contribution is 7.00. The Morgan fingerprint density at radius 2 is 0.726 bits per heavy atom. The topological polar surface area (TPSA) is 9.72 Å². The third-order valence-electron chi connectivity index (χ3n) is 12.6. The maximum absolute atomic E-state index is 2.51.